The van der Waals surface area contributed by atoms with Crippen LogP contribution in [0.4, 0.5) is 0 Å². The molecule has 0 bridgehead atoms. The van der Waals surface area contributed by atoms with Gasteiger partial charge in [-0.1, -0.05) is 15.5 Å². The number of aromatic nitrogens is 4. The minimum atomic E-state index is -0.495. The number of hydrogen-bond donors (Lipinski definition) is 4. The average Bonchev–Trinajstić information content (AvgIpc) is 4.13. The van der Waals surface area contributed by atoms with Crippen LogP contribution in [-0.2, 0) is 66.6 Å². The maximum atomic E-state index is 11.7. The molecule has 5 aliphatic heterocycles. The van der Waals surface area contributed by atoms with E-state index in [-0.39, 0.29) is 96.2 Å². The van der Waals surface area contributed by atoms with E-state index in [0.29, 0.717) is 89.6 Å². The van der Waals surface area contributed by atoms with Crippen molar-refractivity contribution in [1.29, 1.82) is 5.26 Å². The van der Waals surface area contributed by atoms with Gasteiger partial charge in [-0.25, -0.2) is 0 Å². The van der Waals surface area contributed by atoms with Gasteiger partial charge < -0.3 is 74.1 Å². The molecule has 0 aliphatic carbocycles. The van der Waals surface area contributed by atoms with Gasteiger partial charge in [-0.3, -0.25) is 24.0 Å². The lowest BCUT2D eigenvalue weighted by Crippen LogP contribution is -2.38. The molecule has 5 fully saturated rings. The van der Waals surface area contributed by atoms with Gasteiger partial charge in [-0.05, 0) is 171 Å². The zero-order valence-electron chi connectivity index (χ0n) is 50.7. The first kappa shape index (κ1) is 73.5. The minimum Gasteiger partial charge on any atom is -0.460 e. The summed E-state index contributed by atoms with van der Waals surface area (Å²) in [6.07, 6.45) is 10.7. The summed E-state index contributed by atoms with van der Waals surface area (Å²) < 4.78 is 57.5. The molecule has 0 radical (unpaired) electrons. The zero-order chi connectivity index (χ0) is 61.3. The van der Waals surface area contributed by atoms with Crippen molar-refractivity contribution in [3.8, 4) is 6.07 Å². The van der Waals surface area contributed by atoms with Crippen LogP contribution in [0.1, 0.15) is 197 Å². The number of primary amides is 1. The fraction of sp³-hybridized carbons (Fsp3) is 0.804. The van der Waals surface area contributed by atoms with E-state index >= 15 is 0 Å². The molecule has 83 heavy (non-hydrogen) atoms. The molecule has 1 amide bonds. The van der Waals surface area contributed by atoms with Gasteiger partial charge in [0.15, 0.2) is 17.5 Å². The smallest absolute Gasteiger partial charge is 0.306 e. The summed E-state index contributed by atoms with van der Waals surface area (Å²) in [7, 11) is 0. The molecule has 7 heterocycles. The maximum Gasteiger partial charge on any atom is 0.306 e. The molecule has 7 N–H and O–H groups in total. The highest BCUT2D eigenvalue weighted by Crippen LogP contribution is 2.31. The van der Waals surface area contributed by atoms with Crippen molar-refractivity contribution in [3.05, 3.63) is 24.4 Å². The van der Waals surface area contributed by atoms with Crippen molar-refractivity contribution in [2.45, 2.75) is 232 Å². The number of carbonyl (C=O) groups excluding carboxylic acids is 5. The first-order chi connectivity index (χ1) is 38.3. The van der Waals surface area contributed by atoms with Gasteiger partial charge in [0, 0.05) is 6.04 Å². The van der Waals surface area contributed by atoms with Gasteiger partial charge in [0.2, 0.25) is 18.7 Å². The first-order valence-corrected chi connectivity index (χ1v) is 28.2. The number of nitrogens with two attached hydrogens (primary N) is 3. The normalized spacial score (nSPS) is 25.7. The van der Waals surface area contributed by atoms with Crippen molar-refractivity contribution in [2.24, 2.45) is 46.0 Å². The predicted octanol–water partition coefficient (Wildman–Crippen LogP) is 7.23. The second-order valence-electron chi connectivity index (χ2n) is 25.0. The summed E-state index contributed by atoms with van der Waals surface area (Å²) >= 11 is 0. The largest absolute Gasteiger partial charge is 0.460 e. The molecular weight excluding hydrogens is 1110 g/mol. The van der Waals surface area contributed by atoms with Crippen LogP contribution in [-0.4, -0.2) is 141 Å². The highest BCUT2D eigenvalue weighted by Gasteiger charge is 2.32. The minimum absolute atomic E-state index is 0. The van der Waals surface area contributed by atoms with E-state index < -0.39 is 34.4 Å². The van der Waals surface area contributed by atoms with E-state index in [1.807, 2.05) is 83.1 Å². The van der Waals surface area contributed by atoms with Crippen LogP contribution in [0.3, 0.4) is 0 Å². The van der Waals surface area contributed by atoms with Gasteiger partial charge in [0.1, 0.15) is 52.9 Å². The molecule has 0 spiro atoms. The molecule has 2 aromatic heterocycles. The lowest BCUT2D eigenvalue weighted by Gasteiger charge is -2.28. The molecule has 2 aromatic rings. The number of rotatable bonds is 12. The van der Waals surface area contributed by atoms with Gasteiger partial charge >= 0.3 is 23.9 Å². The van der Waals surface area contributed by atoms with Crippen LogP contribution in [0.15, 0.2) is 27.0 Å². The third-order valence-electron chi connectivity index (χ3n) is 12.5. The Balaban J connectivity index is 0.000000355. The molecule has 0 aromatic carbocycles. The number of nitriles is 1. The number of nitrogens with zero attached hydrogens (tertiary/aromatic N) is 6. The monoisotopic (exact) mass is 1200 g/mol. The summed E-state index contributed by atoms with van der Waals surface area (Å²) in [5.74, 6) is 0.752. The number of oxime groups is 1. The summed E-state index contributed by atoms with van der Waals surface area (Å²) in [5, 5.41) is 27.6. The first-order valence-electron chi connectivity index (χ1n) is 28.2. The van der Waals surface area contributed by atoms with Crippen LogP contribution < -0.4 is 17.2 Å². The number of esters is 4. The number of carbonyl (C=O) groups is 5. The molecule has 26 nitrogen and oxygen atoms in total. The summed E-state index contributed by atoms with van der Waals surface area (Å²) in [6.45, 7) is 24.6. The van der Waals surface area contributed by atoms with Crippen molar-refractivity contribution in [3.63, 3.8) is 0 Å². The van der Waals surface area contributed by atoms with E-state index in [4.69, 9.17) is 74.8 Å². The lowest BCUT2D eigenvalue weighted by atomic mass is 9.95. The zero-order valence-corrected chi connectivity index (χ0v) is 51.5. The van der Waals surface area contributed by atoms with Gasteiger partial charge in [0.25, 0.3) is 0 Å². The topological polar surface area (TPSA) is 381 Å². The van der Waals surface area contributed by atoms with Crippen LogP contribution >= 0.6 is 12.4 Å². The van der Waals surface area contributed by atoms with Crippen molar-refractivity contribution in [2.75, 3.05) is 33.0 Å². The number of amidine groups is 1. The Morgan fingerprint density at radius 2 is 0.892 bits per heavy atom. The van der Waals surface area contributed by atoms with Crippen LogP contribution in [0.2, 0.25) is 0 Å². The molecular formula is C56H94ClN9O17. The predicted molar refractivity (Wildman–Crippen MR) is 301 cm³/mol. The molecule has 0 saturated carbocycles. The molecule has 5 saturated heterocycles. The summed E-state index contributed by atoms with van der Waals surface area (Å²) in [6, 6.07) is 2.24. The number of amides is 1. The molecule has 472 valence electrons. The second-order valence-corrected chi connectivity index (χ2v) is 25.0. The van der Waals surface area contributed by atoms with Gasteiger partial charge in [-0.15, -0.1) is 12.4 Å². The van der Waals surface area contributed by atoms with Crippen LogP contribution in [0.5, 0.6) is 0 Å². The Hall–Kier alpha value is -5.56. The molecule has 10 atom stereocenters. The Labute approximate surface area is 494 Å². The fourth-order valence-corrected chi connectivity index (χ4v) is 8.79. The van der Waals surface area contributed by atoms with E-state index in [9.17, 15) is 24.0 Å². The Morgan fingerprint density at radius 3 is 1.16 bits per heavy atom. The van der Waals surface area contributed by atoms with Crippen LogP contribution in [0, 0.1) is 35.0 Å². The Kier molecular flexibility index (Phi) is 31.6. The quantitative estimate of drug-likeness (QED) is 0.0406. The molecule has 0 unspecified atom stereocenters. The third-order valence-corrected chi connectivity index (χ3v) is 12.5. The van der Waals surface area contributed by atoms with Crippen molar-refractivity contribution in [1.82, 2.24) is 20.3 Å². The Morgan fingerprint density at radius 1 is 0.542 bits per heavy atom. The molecule has 27 heteroatoms. The average molecular weight is 1200 g/mol. The highest BCUT2D eigenvalue weighted by molar-refractivity contribution is 5.85. The SMILES string of the molecule is CC(C)(C)OC(=O)C[C@@H]1CC[C@@H](/C(N)=N/O)OC1.CC(C)(C)OC(=O)C[C@@H]1CC[C@@H](C#N)OC1.CC(C)(C)OC(=O)C[C@@H]1CC[C@@H](C(N)=O)OC1.CC(C)(C)OC(=O)C[C@@H]1CC[C@@H](c2ncon2)OC1.Cl.N[C@@H]1CC[C@@H](c2ncon2)OC1. The Bertz CT molecular complexity index is 2250. The van der Waals surface area contributed by atoms with Gasteiger partial charge in [-0.2, -0.15) is 15.2 Å². The maximum absolute atomic E-state index is 11.7. The third kappa shape index (κ3) is 32.3. The highest BCUT2D eigenvalue weighted by atomic mass is 35.5. The van der Waals surface area contributed by atoms with E-state index in [1.165, 1.54) is 12.8 Å². The van der Waals surface area contributed by atoms with E-state index in [0.717, 1.165) is 44.9 Å². The van der Waals surface area contributed by atoms with Crippen molar-refractivity contribution >= 4 is 48.0 Å². The fourth-order valence-electron chi connectivity index (χ4n) is 8.79. The van der Waals surface area contributed by atoms with Crippen LogP contribution in [0.25, 0.3) is 0 Å². The lowest BCUT2D eigenvalue weighted by molar-refractivity contribution is -0.159. The summed E-state index contributed by atoms with van der Waals surface area (Å²) in [4.78, 5) is 65.2. The van der Waals surface area contributed by atoms with Gasteiger partial charge in [0.05, 0.1) is 64.8 Å². The molecule has 5 aliphatic rings. The number of halogens is 1. The number of ether oxygens (including phenoxy) is 9. The summed E-state index contributed by atoms with van der Waals surface area (Å²) in [5.41, 5.74) is 14.5. The standard InChI is InChI=1S/C13H20N2O4.C12H22N2O4.C12H21NO4.C12H19NO3.C7H11N3O2.ClH/c1-13(2,3)19-11(16)6-9-4-5-10(17-7-9)12-14-8-18-15-12;1-12(2,3)18-10(15)6-8-4-5-9(17-7-8)11(13)14-16;1-12(2,3)17-10(14)6-8-4-5-9(11(13)15)16-7-8;1-12(2,3)16-11(14)6-9-4-5-10(7-13)15-8-9;8-5-1-2-6(11-3-5)7-9-4-12-10-7;/h8-10H,4-7H2,1-3H3;8-9,16H,4-7H2,1-3H3,(H2,13,14);8-9H,4-7H2,1-3H3,(H2,13,15);9-10H,4-6,8H2,1-3H3;4-6H,1-3,8H2;1H/t9-,10-;2*8-,9-;9-,10-;5-,6+;/m00001./s1. The van der Waals surface area contributed by atoms with Crippen molar-refractivity contribution < 1.29 is 80.9 Å². The second kappa shape index (κ2) is 35.7. The van der Waals surface area contributed by atoms with E-state index in [2.05, 4.69) is 36.0 Å². The molecule has 7 rings (SSSR count). The number of hydrogen-bond acceptors (Lipinski definition) is 24. The van der Waals surface area contributed by atoms with E-state index in [1.54, 1.807) is 0 Å².